The van der Waals surface area contributed by atoms with Gasteiger partial charge in [-0.15, -0.1) is 0 Å². The predicted molar refractivity (Wildman–Crippen MR) is 124 cm³/mol. The van der Waals surface area contributed by atoms with Crippen LogP contribution in [0.5, 0.6) is 5.75 Å². The lowest BCUT2D eigenvalue weighted by Crippen LogP contribution is -2.40. The summed E-state index contributed by atoms with van der Waals surface area (Å²) in [5, 5.41) is 0. The van der Waals surface area contributed by atoms with Crippen molar-refractivity contribution in [2.24, 2.45) is 35.5 Å². The van der Waals surface area contributed by atoms with Gasteiger partial charge in [-0.25, -0.2) is 4.79 Å². The number of hydrogen-bond donors (Lipinski definition) is 0. The second-order valence-electron chi connectivity index (χ2n) is 10.3. The second-order valence-corrected chi connectivity index (χ2v) is 10.3. The summed E-state index contributed by atoms with van der Waals surface area (Å²) < 4.78 is 5.72. The van der Waals surface area contributed by atoms with Crippen molar-refractivity contribution in [3.05, 3.63) is 71.3 Å². The fourth-order valence-electron chi connectivity index (χ4n) is 6.32. The molecule has 2 aromatic carbocycles. The first-order valence-electron chi connectivity index (χ1n) is 11.8. The molecule has 0 unspecified atom stereocenters. The molecule has 0 radical (unpaired) electrons. The molecule has 33 heavy (non-hydrogen) atoms. The van der Waals surface area contributed by atoms with Crippen LogP contribution in [0.1, 0.15) is 47.7 Å². The number of allylic oxidation sites excluding steroid dienone is 2. The number of hydrogen-bond acceptors (Lipinski definition) is 4. The van der Waals surface area contributed by atoms with E-state index in [4.69, 9.17) is 4.74 Å². The van der Waals surface area contributed by atoms with Crippen LogP contribution in [0.2, 0.25) is 0 Å². The Labute approximate surface area is 193 Å². The van der Waals surface area contributed by atoms with E-state index in [1.807, 2.05) is 25.1 Å². The average molecular weight is 442 g/mol. The monoisotopic (exact) mass is 441 g/mol. The van der Waals surface area contributed by atoms with E-state index < -0.39 is 5.97 Å². The molecule has 168 valence electrons. The Kier molecular flexibility index (Phi) is 4.42. The van der Waals surface area contributed by atoms with Gasteiger partial charge < -0.3 is 4.74 Å². The van der Waals surface area contributed by atoms with E-state index in [9.17, 15) is 14.4 Å². The molecule has 5 nitrogen and oxygen atoms in total. The standard InChI is InChI=1S/C28H27NO4/c1-14(2)18-9-4-15(3)12-23(18)33-28(32)16-5-7-17(8-6-16)29-26(30)24-19-10-11-20(22-13-21(19)22)25(24)27(29)31/h4-12,14,19-22,24-25H,13H2,1-3H3/t19-,20-,21-,22-,24-,25+/m0/s1. The van der Waals surface area contributed by atoms with Crippen LogP contribution in [0.4, 0.5) is 5.69 Å². The third-order valence-corrected chi connectivity index (χ3v) is 8.02. The van der Waals surface area contributed by atoms with E-state index in [-0.39, 0.29) is 41.4 Å². The molecule has 1 aliphatic heterocycles. The maximum Gasteiger partial charge on any atom is 0.343 e. The van der Waals surface area contributed by atoms with E-state index in [0.29, 0.717) is 28.8 Å². The lowest BCUT2D eigenvalue weighted by atomic mass is 9.63. The van der Waals surface area contributed by atoms with Crippen LogP contribution in [0.3, 0.4) is 0 Å². The number of anilines is 1. The van der Waals surface area contributed by atoms with Crippen molar-refractivity contribution in [3.8, 4) is 5.75 Å². The Balaban J connectivity index is 1.23. The highest BCUT2D eigenvalue weighted by Gasteiger charge is 2.67. The van der Waals surface area contributed by atoms with Gasteiger partial charge >= 0.3 is 5.97 Å². The van der Waals surface area contributed by atoms with Crippen molar-refractivity contribution in [1.29, 1.82) is 0 Å². The summed E-state index contributed by atoms with van der Waals surface area (Å²) in [6, 6.07) is 12.5. The minimum atomic E-state index is -0.455. The molecule has 4 aliphatic carbocycles. The topological polar surface area (TPSA) is 63.7 Å². The van der Waals surface area contributed by atoms with Gasteiger partial charge in [0.2, 0.25) is 11.8 Å². The quantitative estimate of drug-likeness (QED) is 0.293. The number of rotatable bonds is 4. The summed E-state index contributed by atoms with van der Waals surface area (Å²) in [7, 11) is 0. The van der Waals surface area contributed by atoms with Crippen molar-refractivity contribution in [2.45, 2.75) is 33.1 Å². The van der Waals surface area contributed by atoms with Crippen molar-refractivity contribution < 1.29 is 19.1 Å². The van der Waals surface area contributed by atoms with Crippen LogP contribution < -0.4 is 9.64 Å². The summed E-state index contributed by atoms with van der Waals surface area (Å²) in [5.74, 6) is 1.25. The summed E-state index contributed by atoms with van der Waals surface area (Å²) >= 11 is 0. The molecule has 5 aliphatic rings. The number of carbonyl (C=O) groups excluding carboxylic acids is 3. The molecule has 1 saturated heterocycles. The Morgan fingerprint density at radius 2 is 1.55 bits per heavy atom. The number of amides is 2. The average Bonchev–Trinajstić information content (AvgIpc) is 3.57. The molecule has 3 fully saturated rings. The molecular weight excluding hydrogens is 414 g/mol. The van der Waals surface area contributed by atoms with Crippen LogP contribution in [0, 0.1) is 42.4 Å². The highest BCUT2D eigenvalue weighted by molar-refractivity contribution is 6.22. The first-order chi connectivity index (χ1) is 15.8. The van der Waals surface area contributed by atoms with Gasteiger partial charge in [-0.05, 0) is 84.4 Å². The Hall–Kier alpha value is -3.21. The summed E-state index contributed by atoms with van der Waals surface area (Å²) in [6.45, 7) is 6.08. The number of carbonyl (C=O) groups is 3. The number of aryl methyl sites for hydroxylation is 1. The zero-order valence-corrected chi connectivity index (χ0v) is 19.0. The van der Waals surface area contributed by atoms with Gasteiger partial charge in [0.25, 0.3) is 0 Å². The molecule has 5 heteroatoms. The predicted octanol–water partition coefficient (Wildman–Crippen LogP) is 4.90. The molecule has 0 aromatic heterocycles. The highest BCUT2D eigenvalue weighted by atomic mass is 16.5. The van der Waals surface area contributed by atoms with Crippen LogP contribution in [0.15, 0.2) is 54.6 Å². The Morgan fingerprint density at radius 1 is 0.939 bits per heavy atom. The number of ether oxygens (including phenoxy) is 1. The fourth-order valence-corrected chi connectivity index (χ4v) is 6.32. The van der Waals surface area contributed by atoms with Crippen LogP contribution >= 0.6 is 0 Å². The van der Waals surface area contributed by atoms with E-state index in [0.717, 1.165) is 17.5 Å². The van der Waals surface area contributed by atoms with E-state index in [1.54, 1.807) is 24.3 Å². The first kappa shape index (κ1) is 20.4. The van der Waals surface area contributed by atoms with Crippen LogP contribution in [-0.2, 0) is 9.59 Å². The third kappa shape index (κ3) is 3.01. The van der Waals surface area contributed by atoms with E-state index in [1.165, 1.54) is 4.90 Å². The first-order valence-corrected chi connectivity index (χ1v) is 11.8. The number of nitrogens with zero attached hydrogens (tertiary/aromatic N) is 1. The van der Waals surface area contributed by atoms with Gasteiger partial charge in [0.05, 0.1) is 23.1 Å². The summed E-state index contributed by atoms with van der Waals surface area (Å²) in [5.41, 5.74) is 2.91. The van der Waals surface area contributed by atoms with Crippen molar-refractivity contribution in [2.75, 3.05) is 4.90 Å². The molecule has 7 rings (SSSR count). The second kappa shape index (κ2) is 7.14. The third-order valence-electron chi connectivity index (χ3n) is 8.02. The van der Waals surface area contributed by atoms with Crippen molar-refractivity contribution in [1.82, 2.24) is 0 Å². The van der Waals surface area contributed by atoms with Gasteiger partial charge in [-0.1, -0.05) is 38.1 Å². The van der Waals surface area contributed by atoms with Gasteiger partial charge in [0.15, 0.2) is 0 Å². The number of imide groups is 1. The minimum absolute atomic E-state index is 0.0913. The molecule has 1 heterocycles. The molecule has 2 aromatic rings. The number of esters is 1. The van der Waals surface area contributed by atoms with Crippen LogP contribution in [0.25, 0.3) is 0 Å². The molecular formula is C28H27NO4. The van der Waals surface area contributed by atoms with Gasteiger partial charge in [0.1, 0.15) is 5.75 Å². The van der Waals surface area contributed by atoms with Gasteiger partial charge in [0, 0.05) is 0 Å². The van der Waals surface area contributed by atoms with Gasteiger partial charge in [-0.2, -0.15) is 0 Å². The lowest BCUT2D eigenvalue weighted by Gasteiger charge is -2.37. The SMILES string of the molecule is Cc1ccc(C(C)C)c(OC(=O)c2ccc(N3C(=O)[C@@H]4[C@H]5C=C[C@@H]([C@@H]6C[C@@H]56)[C@@H]4C3=O)cc2)c1. The molecule has 2 amide bonds. The van der Waals surface area contributed by atoms with Crippen molar-refractivity contribution >= 4 is 23.5 Å². The molecule has 0 spiro atoms. The van der Waals surface area contributed by atoms with Gasteiger partial charge in [-0.3, -0.25) is 14.5 Å². The summed E-state index contributed by atoms with van der Waals surface area (Å²) in [6.07, 6.45) is 5.49. The zero-order chi connectivity index (χ0) is 23.0. The normalized spacial score (nSPS) is 31.1. The Morgan fingerprint density at radius 3 is 2.12 bits per heavy atom. The van der Waals surface area contributed by atoms with Crippen LogP contribution in [-0.4, -0.2) is 17.8 Å². The molecule has 2 saturated carbocycles. The number of benzene rings is 2. The molecule has 6 atom stereocenters. The Bertz CT molecular complexity index is 1170. The maximum absolute atomic E-state index is 13.3. The lowest BCUT2D eigenvalue weighted by molar-refractivity contribution is -0.124. The highest BCUT2D eigenvalue weighted by Crippen LogP contribution is 2.65. The zero-order valence-electron chi connectivity index (χ0n) is 19.0. The smallest absolute Gasteiger partial charge is 0.343 e. The molecule has 0 N–H and O–H groups in total. The minimum Gasteiger partial charge on any atom is -0.423 e. The maximum atomic E-state index is 13.3. The van der Waals surface area contributed by atoms with E-state index in [2.05, 4.69) is 26.0 Å². The van der Waals surface area contributed by atoms with Crippen molar-refractivity contribution in [3.63, 3.8) is 0 Å². The van der Waals surface area contributed by atoms with E-state index >= 15 is 0 Å². The largest absolute Gasteiger partial charge is 0.423 e. The summed E-state index contributed by atoms with van der Waals surface area (Å²) in [4.78, 5) is 40.7. The fraction of sp³-hybridized carbons (Fsp3) is 0.393. The molecule has 2 bridgehead atoms.